The summed E-state index contributed by atoms with van der Waals surface area (Å²) in [5.41, 5.74) is 2.00. The van der Waals surface area contributed by atoms with E-state index >= 15 is 0 Å². The van der Waals surface area contributed by atoms with Crippen molar-refractivity contribution in [2.24, 2.45) is 0 Å². The Labute approximate surface area is 168 Å². The van der Waals surface area contributed by atoms with Gasteiger partial charge < -0.3 is 9.84 Å². The molecule has 150 valence electrons. The molecule has 1 atom stereocenters. The highest BCUT2D eigenvalue weighted by Gasteiger charge is 2.43. The maximum atomic E-state index is 12.8. The molecular weight excluding hydrogens is 372 g/mol. The largest absolute Gasteiger partial charge is 0.503 e. The van der Waals surface area contributed by atoms with E-state index in [1.54, 1.807) is 62.6 Å². The highest BCUT2D eigenvalue weighted by atomic mass is 16.5. The minimum Gasteiger partial charge on any atom is -0.503 e. The molecule has 0 bridgehead atoms. The number of hydrogen-bond acceptors (Lipinski definition) is 6. The van der Waals surface area contributed by atoms with Crippen LogP contribution in [0.15, 0.2) is 60.1 Å². The zero-order valence-corrected chi connectivity index (χ0v) is 16.3. The molecule has 1 aromatic carbocycles. The van der Waals surface area contributed by atoms with Crippen LogP contribution in [0.2, 0.25) is 0 Å². The summed E-state index contributed by atoms with van der Waals surface area (Å²) in [6.45, 7) is 3.74. The number of esters is 1. The van der Waals surface area contributed by atoms with Gasteiger partial charge in [-0.3, -0.25) is 24.3 Å². The monoisotopic (exact) mass is 394 g/mol. The normalized spacial score (nSPS) is 16.3. The van der Waals surface area contributed by atoms with Gasteiger partial charge in [-0.05, 0) is 42.3 Å². The van der Waals surface area contributed by atoms with Gasteiger partial charge in [0.15, 0.2) is 11.5 Å². The zero-order valence-electron chi connectivity index (χ0n) is 16.3. The van der Waals surface area contributed by atoms with Crippen LogP contribution >= 0.6 is 0 Å². The molecule has 0 radical (unpaired) electrons. The number of aromatic nitrogens is 1. The number of ether oxygens (including phenoxy) is 1. The van der Waals surface area contributed by atoms with E-state index in [0.29, 0.717) is 17.9 Å². The van der Waals surface area contributed by atoms with Gasteiger partial charge in [0.05, 0.1) is 24.6 Å². The molecule has 7 nitrogen and oxygen atoms in total. The van der Waals surface area contributed by atoms with Crippen molar-refractivity contribution in [1.82, 2.24) is 4.98 Å². The molecule has 0 saturated carbocycles. The molecule has 1 unspecified atom stereocenters. The Morgan fingerprint density at radius 2 is 1.76 bits per heavy atom. The summed E-state index contributed by atoms with van der Waals surface area (Å²) in [7, 11) is 0. The van der Waals surface area contributed by atoms with Gasteiger partial charge in [0, 0.05) is 24.5 Å². The van der Waals surface area contributed by atoms with E-state index in [1.165, 1.54) is 4.90 Å². The number of ketones is 1. The second-order valence-corrected chi connectivity index (χ2v) is 6.55. The minimum absolute atomic E-state index is 0.0827. The third-order valence-corrected chi connectivity index (χ3v) is 4.72. The third-order valence-electron chi connectivity index (χ3n) is 4.72. The van der Waals surface area contributed by atoms with E-state index in [4.69, 9.17) is 4.74 Å². The number of carbonyl (C=O) groups excluding carboxylic acids is 3. The van der Waals surface area contributed by atoms with Gasteiger partial charge in [-0.15, -0.1) is 0 Å². The second kappa shape index (κ2) is 8.68. The third kappa shape index (κ3) is 4.03. The van der Waals surface area contributed by atoms with Crippen LogP contribution in [-0.2, 0) is 25.5 Å². The van der Waals surface area contributed by atoms with E-state index in [0.717, 1.165) is 5.56 Å². The standard InChI is InChI=1S/C22H22N2O5/c1-3-17(25)19-20(15-9-11-23-12-10-15)24(22(28)21(19)27)16-7-5-14(6-8-16)13-18(26)29-4-2/h5-12,20,27H,3-4,13H2,1-2H3. The number of amides is 1. The number of hydrogen-bond donors (Lipinski definition) is 1. The molecule has 1 amide bonds. The van der Waals surface area contributed by atoms with Crippen LogP contribution in [0.25, 0.3) is 0 Å². The first-order valence-corrected chi connectivity index (χ1v) is 9.42. The van der Waals surface area contributed by atoms with E-state index in [9.17, 15) is 19.5 Å². The summed E-state index contributed by atoms with van der Waals surface area (Å²) in [5.74, 6) is -1.79. The van der Waals surface area contributed by atoms with Crippen LogP contribution in [0, 0.1) is 0 Å². The average molecular weight is 394 g/mol. The van der Waals surface area contributed by atoms with Crippen molar-refractivity contribution < 1.29 is 24.2 Å². The van der Waals surface area contributed by atoms with Crippen LogP contribution in [0.5, 0.6) is 0 Å². The van der Waals surface area contributed by atoms with Crippen molar-refractivity contribution in [3.63, 3.8) is 0 Å². The van der Waals surface area contributed by atoms with Crippen molar-refractivity contribution in [1.29, 1.82) is 0 Å². The van der Waals surface area contributed by atoms with Gasteiger partial charge in [-0.25, -0.2) is 0 Å². The Morgan fingerprint density at radius 1 is 1.10 bits per heavy atom. The van der Waals surface area contributed by atoms with Crippen LogP contribution in [-0.4, -0.2) is 34.4 Å². The fourth-order valence-electron chi connectivity index (χ4n) is 3.36. The average Bonchev–Trinajstić information content (AvgIpc) is 3.00. The number of nitrogens with zero attached hydrogens (tertiary/aromatic N) is 2. The Hall–Kier alpha value is -3.48. The highest BCUT2D eigenvalue weighted by Crippen LogP contribution is 2.41. The zero-order chi connectivity index (χ0) is 21.0. The lowest BCUT2D eigenvalue weighted by Crippen LogP contribution is -2.31. The van der Waals surface area contributed by atoms with Crippen LogP contribution in [0.1, 0.15) is 37.4 Å². The Balaban J connectivity index is 1.98. The number of aliphatic hydroxyl groups excluding tert-OH is 1. The summed E-state index contributed by atoms with van der Waals surface area (Å²) >= 11 is 0. The molecule has 1 aliphatic heterocycles. The lowest BCUT2D eigenvalue weighted by atomic mass is 9.95. The minimum atomic E-state index is -0.742. The molecule has 1 N–H and O–H groups in total. The first kappa shape index (κ1) is 20.3. The second-order valence-electron chi connectivity index (χ2n) is 6.55. The SMILES string of the molecule is CCOC(=O)Cc1ccc(N2C(=O)C(O)=C(C(=O)CC)C2c2ccncc2)cc1. The summed E-state index contributed by atoms with van der Waals surface area (Å²) < 4.78 is 4.95. The van der Waals surface area contributed by atoms with E-state index < -0.39 is 17.7 Å². The molecule has 3 rings (SSSR count). The van der Waals surface area contributed by atoms with Gasteiger partial charge in [0.2, 0.25) is 0 Å². The van der Waals surface area contributed by atoms with Crippen LogP contribution < -0.4 is 4.90 Å². The maximum absolute atomic E-state index is 12.8. The maximum Gasteiger partial charge on any atom is 0.310 e. The summed E-state index contributed by atoms with van der Waals surface area (Å²) in [6.07, 6.45) is 3.44. The van der Waals surface area contributed by atoms with Crippen LogP contribution in [0.3, 0.4) is 0 Å². The molecule has 1 aromatic heterocycles. The highest BCUT2D eigenvalue weighted by molar-refractivity contribution is 6.16. The fourth-order valence-corrected chi connectivity index (χ4v) is 3.36. The fraction of sp³-hybridized carbons (Fsp3) is 0.273. The topological polar surface area (TPSA) is 96.8 Å². The molecular formula is C22H22N2O5. The van der Waals surface area contributed by atoms with Gasteiger partial charge in [0.25, 0.3) is 5.91 Å². The molecule has 0 fully saturated rings. The van der Waals surface area contributed by atoms with Crippen molar-refractivity contribution in [3.05, 3.63) is 71.3 Å². The first-order valence-electron chi connectivity index (χ1n) is 9.42. The number of anilines is 1. The summed E-state index contributed by atoms with van der Waals surface area (Å²) in [6, 6.07) is 9.50. The molecule has 1 aliphatic rings. The number of pyridine rings is 1. The Morgan fingerprint density at radius 3 is 2.34 bits per heavy atom. The smallest absolute Gasteiger partial charge is 0.310 e. The van der Waals surface area contributed by atoms with Crippen LogP contribution in [0.4, 0.5) is 5.69 Å². The number of benzene rings is 1. The van der Waals surface area contributed by atoms with Gasteiger partial charge in [-0.2, -0.15) is 0 Å². The first-order chi connectivity index (χ1) is 14.0. The molecule has 29 heavy (non-hydrogen) atoms. The lowest BCUT2D eigenvalue weighted by Gasteiger charge is -2.27. The van der Waals surface area contributed by atoms with Crippen molar-refractivity contribution in [2.75, 3.05) is 11.5 Å². The number of carbonyl (C=O) groups is 3. The molecule has 7 heteroatoms. The van der Waals surface area contributed by atoms with E-state index in [2.05, 4.69) is 4.98 Å². The Bertz CT molecular complexity index is 951. The molecule has 0 spiro atoms. The lowest BCUT2D eigenvalue weighted by molar-refractivity contribution is -0.142. The Kier molecular flexibility index (Phi) is 6.07. The molecule has 2 aromatic rings. The predicted octanol–water partition coefficient (Wildman–Crippen LogP) is 3.07. The van der Waals surface area contributed by atoms with Crippen molar-refractivity contribution >= 4 is 23.3 Å². The number of rotatable bonds is 7. The number of aliphatic hydroxyl groups is 1. The predicted molar refractivity (Wildman–Crippen MR) is 106 cm³/mol. The summed E-state index contributed by atoms with van der Waals surface area (Å²) in [4.78, 5) is 42.4. The van der Waals surface area contributed by atoms with E-state index in [1.807, 2.05) is 0 Å². The molecule has 2 heterocycles. The quantitative estimate of drug-likeness (QED) is 0.725. The van der Waals surface area contributed by atoms with E-state index in [-0.39, 0.29) is 30.2 Å². The summed E-state index contributed by atoms with van der Waals surface area (Å²) in [5, 5.41) is 10.4. The van der Waals surface area contributed by atoms with Crippen molar-refractivity contribution in [3.8, 4) is 0 Å². The van der Waals surface area contributed by atoms with Crippen molar-refractivity contribution in [2.45, 2.75) is 32.7 Å². The molecule has 0 aliphatic carbocycles. The van der Waals surface area contributed by atoms with Gasteiger partial charge in [-0.1, -0.05) is 19.1 Å². The van der Waals surface area contributed by atoms with Gasteiger partial charge >= 0.3 is 5.97 Å². The number of Topliss-reactive ketones (excluding diaryl/α,β-unsaturated/α-hetero) is 1. The van der Waals surface area contributed by atoms with Gasteiger partial charge in [0.1, 0.15) is 0 Å². The molecule has 0 saturated heterocycles.